The van der Waals surface area contributed by atoms with E-state index < -0.39 is 0 Å². The van der Waals surface area contributed by atoms with Crippen LogP contribution in [0.4, 0.5) is 0 Å². The molecule has 0 aromatic carbocycles. The third kappa shape index (κ3) is 1.02. The van der Waals surface area contributed by atoms with Gasteiger partial charge in [-0.1, -0.05) is 6.07 Å². The molecule has 0 saturated carbocycles. The Morgan fingerprint density at radius 2 is 2.40 bits per heavy atom. The van der Waals surface area contributed by atoms with Gasteiger partial charge in [0.1, 0.15) is 6.10 Å². The van der Waals surface area contributed by atoms with Crippen molar-refractivity contribution in [3.8, 4) is 0 Å². The number of pyridine rings is 1. The van der Waals surface area contributed by atoms with Crippen LogP contribution in [0.5, 0.6) is 0 Å². The highest BCUT2D eigenvalue weighted by Crippen LogP contribution is 2.27. The lowest BCUT2D eigenvalue weighted by Crippen LogP contribution is -1.87. The van der Waals surface area contributed by atoms with Crippen LogP contribution >= 0.6 is 0 Å². The SMILES string of the molecule is Cc1cccc([C@@H]2CO2)n1. The Balaban J connectivity index is 2.32. The molecule has 0 aliphatic carbocycles. The number of hydrogen-bond donors (Lipinski definition) is 0. The van der Waals surface area contributed by atoms with E-state index in [0.717, 1.165) is 18.0 Å². The van der Waals surface area contributed by atoms with Crippen molar-refractivity contribution in [3.63, 3.8) is 0 Å². The van der Waals surface area contributed by atoms with Crippen molar-refractivity contribution in [1.29, 1.82) is 0 Å². The van der Waals surface area contributed by atoms with Crippen molar-refractivity contribution in [2.24, 2.45) is 0 Å². The fourth-order valence-corrected chi connectivity index (χ4v) is 0.962. The molecule has 1 saturated heterocycles. The summed E-state index contributed by atoms with van der Waals surface area (Å²) < 4.78 is 5.09. The molecule has 1 atom stereocenters. The normalized spacial score (nSPS) is 22.7. The second-order valence-corrected chi connectivity index (χ2v) is 2.53. The van der Waals surface area contributed by atoms with Gasteiger partial charge in [0, 0.05) is 5.69 Å². The van der Waals surface area contributed by atoms with Gasteiger partial charge in [-0.05, 0) is 19.1 Å². The smallest absolute Gasteiger partial charge is 0.123 e. The predicted octanol–water partition coefficient (Wildman–Crippen LogP) is 1.46. The summed E-state index contributed by atoms with van der Waals surface area (Å²) in [6.45, 7) is 2.84. The average molecular weight is 135 g/mol. The van der Waals surface area contributed by atoms with Gasteiger partial charge in [-0.2, -0.15) is 0 Å². The van der Waals surface area contributed by atoms with Crippen molar-refractivity contribution < 1.29 is 4.74 Å². The molecule has 2 heteroatoms. The minimum Gasteiger partial charge on any atom is -0.366 e. The van der Waals surface area contributed by atoms with Gasteiger partial charge in [0.2, 0.25) is 0 Å². The highest BCUT2D eigenvalue weighted by atomic mass is 16.6. The minimum atomic E-state index is 0.292. The van der Waals surface area contributed by atoms with Crippen LogP contribution in [0.2, 0.25) is 0 Å². The molecule has 0 unspecified atom stereocenters. The van der Waals surface area contributed by atoms with Gasteiger partial charge in [0.05, 0.1) is 12.3 Å². The highest BCUT2D eigenvalue weighted by molar-refractivity contribution is 5.14. The Kier molecular flexibility index (Phi) is 1.21. The van der Waals surface area contributed by atoms with Gasteiger partial charge in [0.25, 0.3) is 0 Å². The molecule has 1 aliphatic rings. The summed E-state index contributed by atoms with van der Waals surface area (Å²) in [5.74, 6) is 0. The Hall–Kier alpha value is -0.890. The number of hydrogen-bond acceptors (Lipinski definition) is 2. The monoisotopic (exact) mass is 135 g/mol. The van der Waals surface area contributed by atoms with E-state index in [9.17, 15) is 0 Å². The summed E-state index contributed by atoms with van der Waals surface area (Å²) in [6, 6.07) is 6.01. The van der Waals surface area contributed by atoms with E-state index in [4.69, 9.17) is 4.74 Å². The van der Waals surface area contributed by atoms with Gasteiger partial charge in [0.15, 0.2) is 0 Å². The molecule has 0 bridgehead atoms. The van der Waals surface area contributed by atoms with Crippen molar-refractivity contribution in [1.82, 2.24) is 4.98 Å². The van der Waals surface area contributed by atoms with Crippen molar-refractivity contribution in [3.05, 3.63) is 29.6 Å². The van der Waals surface area contributed by atoms with E-state index in [1.165, 1.54) is 0 Å². The van der Waals surface area contributed by atoms with Gasteiger partial charge in [-0.3, -0.25) is 4.98 Å². The van der Waals surface area contributed by atoms with Crippen molar-refractivity contribution >= 4 is 0 Å². The summed E-state index contributed by atoms with van der Waals surface area (Å²) in [5.41, 5.74) is 2.13. The number of aromatic nitrogens is 1. The maximum atomic E-state index is 5.09. The zero-order valence-electron chi connectivity index (χ0n) is 5.87. The van der Waals surface area contributed by atoms with Crippen LogP contribution in [-0.2, 0) is 4.74 Å². The van der Waals surface area contributed by atoms with Gasteiger partial charge in [-0.25, -0.2) is 0 Å². The van der Waals surface area contributed by atoms with Gasteiger partial charge in [-0.15, -0.1) is 0 Å². The Labute approximate surface area is 59.9 Å². The number of ether oxygens (including phenoxy) is 1. The lowest BCUT2D eigenvalue weighted by Gasteiger charge is -1.94. The van der Waals surface area contributed by atoms with Crippen LogP contribution < -0.4 is 0 Å². The Bertz CT molecular complexity index is 243. The molecule has 1 aromatic heterocycles. The molecule has 2 nitrogen and oxygen atoms in total. The fourth-order valence-electron chi connectivity index (χ4n) is 0.962. The molecular formula is C8H9NO. The first kappa shape index (κ1) is 5.86. The van der Waals surface area contributed by atoms with Crippen LogP contribution in [0.3, 0.4) is 0 Å². The van der Waals surface area contributed by atoms with Crippen LogP contribution in [0.1, 0.15) is 17.5 Å². The first-order valence-corrected chi connectivity index (χ1v) is 3.41. The lowest BCUT2D eigenvalue weighted by molar-refractivity contribution is 0.411. The van der Waals surface area contributed by atoms with E-state index in [-0.39, 0.29) is 0 Å². The van der Waals surface area contributed by atoms with Gasteiger partial charge >= 0.3 is 0 Å². The second-order valence-electron chi connectivity index (χ2n) is 2.53. The zero-order chi connectivity index (χ0) is 6.97. The minimum absolute atomic E-state index is 0.292. The van der Waals surface area contributed by atoms with E-state index in [1.807, 2.05) is 25.1 Å². The largest absolute Gasteiger partial charge is 0.366 e. The van der Waals surface area contributed by atoms with E-state index in [2.05, 4.69) is 4.98 Å². The maximum Gasteiger partial charge on any atom is 0.123 e. The molecule has 1 fully saturated rings. The van der Waals surface area contributed by atoms with Crippen molar-refractivity contribution in [2.75, 3.05) is 6.61 Å². The van der Waals surface area contributed by atoms with Crippen LogP contribution in [0.15, 0.2) is 18.2 Å². The second kappa shape index (κ2) is 2.06. The topological polar surface area (TPSA) is 25.4 Å². The third-order valence-electron chi connectivity index (χ3n) is 1.57. The average Bonchev–Trinajstić information content (AvgIpc) is 2.68. The molecule has 1 aromatic rings. The molecule has 2 rings (SSSR count). The first-order chi connectivity index (χ1) is 4.86. The number of aryl methyl sites for hydroxylation is 1. The molecule has 1 aliphatic heterocycles. The molecule has 52 valence electrons. The molecule has 0 radical (unpaired) electrons. The van der Waals surface area contributed by atoms with E-state index in [1.54, 1.807) is 0 Å². The summed E-state index contributed by atoms with van der Waals surface area (Å²) in [5, 5.41) is 0. The molecule has 0 N–H and O–H groups in total. The summed E-state index contributed by atoms with van der Waals surface area (Å²) in [7, 11) is 0. The number of rotatable bonds is 1. The first-order valence-electron chi connectivity index (χ1n) is 3.41. The summed E-state index contributed by atoms with van der Waals surface area (Å²) in [6.07, 6.45) is 0.292. The van der Waals surface area contributed by atoms with Crippen LogP contribution in [0, 0.1) is 6.92 Å². The molecule has 0 spiro atoms. The summed E-state index contributed by atoms with van der Waals surface area (Å²) >= 11 is 0. The quantitative estimate of drug-likeness (QED) is 0.545. The number of nitrogens with zero attached hydrogens (tertiary/aromatic N) is 1. The molecule has 2 heterocycles. The molecular weight excluding hydrogens is 126 g/mol. The van der Waals surface area contributed by atoms with Crippen LogP contribution in [-0.4, -0.2) is 11.6 Å². The highest BCUT2D eigenvalue weighted by Gasteiger charge is 2.25. The zero-order valence-corrected chi connectivity index (χ0v) is 5.87. The molecule has 0 amide bonds. The van der Waals surface area contributed by atoms with Gasteiger partial charge < -0.3 is 4.74 Å². The lowest BCUT2D eigenvalue weighted by atomic mass is 10.2. The standard InChI is InChI=1S/C8H9NO/c1-6-3-2-4-7(9-6)8-5-10-8/h2-4,8H,5H2,1H3/t8-/m0/s1. The predicted molar refractivity (Wildman–Crippen MR) is 37.7 cm³/mol. The van der Waals surface area contributed by atoms with Crippen LogP contribution in [0.25, 0.3) is 0 Å². The number of epoxide rings is 1. The Morgan fingerprint density at radius 1 is 1.60 bits per heavy atom. The molecule has 10 heavy (non-hydrogen) atoms. The van der Waals surface area contributed by atoms with E-state index >= 15 is 0 Å². The third-order valence-corrected chi connectivity index (χ3v) is 1.57. The fraction of sp³-hybridized carbons (Fsp3) is 0.375. The van der Waals surface area contributed by atoms with Crippen molar-refractivity contribution in [2.45, 2.75) is 13.0 Å². The Morgan fingerprint density at radius 3 is 3.00 bits per heavy atom. The maximum absolute atomic E-state index is 5.09. The summed E-state index contributed by atoms with van der Waals surface area (Å²) in [4.78, 5) is 4.31. The van der Waals surface area contributed by atoms with E-state index in [0.29, 0.717) is 6.10 Å².